The lowest BCUT2D eigenvalue weighted by Gasteiger charge is -2.23. The van der Waals surface area contributed by atoms with Crippen molar-refractivity contribution in [2.75, 3.05) is 0 Å². The molecule has 2 nitrogen and oxygen atoms in total. The van der Waals surface area contributed by atoms with E-state index < -0.39 is 5.97 Å². The van der Waals surface area contributed by atoms with E-state index in [0.717, 1.165) is 12.8 Å². The van der Waals surface area contributed by atoms with Crippen LogP contribution in [0.1, 0.15) is 56.2 Å². The summed E-state index contributed by atoms with van der Waals surface area (Å²) in [6, 6.07) is 6.83. The second kappa shape index (κ2) is 5.77. The van der Waals surface area contributed by atoms with Gasteiger partial charge in [-0.05, 0) is 60.6 Å². The van der Waals surface area contributed by atoms with Crippen molar-refractivity contribution >= 4 is 5.97 Å². The van der Waals surface area contributed by atoms with Gasteiger partial charge in [0.1, 0.15) is 0 Å². The van der Waals surface area contributed by atoms with Gasteiger partial charge in [-0.3, -0.25) is 4.79 Å². The first-order valence-electron chi connectivity index (χ1n) is 7.29. The third kappa shape index (κ3) is 4.09. The summed E-state index contributed by atoms with van der Waals surface area (Å²) in [5.74, 6) is -0.699. The molecule has 1 aromatic carbocycles. The standard InChI is InChI=1S/C17H24O2/c1-17(2,12-16(18)19)10-9-13-7-8-14-5-3-4-6-15(14)11-13/h7-8,11H,3-6,9-10,12H2,1-2H3,(H,18,19). The van der Waals surface area contributed by atoms with Gasteiger partial charge in [-0.1, -0.05) is 32.0 Å². The van der Waals surface area contributed by atoms with Gasteiger partial charge in [0, 0.05) is 0 Å². The van der Waals surface area contributed by atoms with Gasteiger partial charge in [0.2, 0.25) is 0 Å². The third-order valence-corrected chi connectivity index (χ3v) is 4.13. The number of carboxylic acids is 1. The fraction of sp³-hybridized carbons (Fsp3) is 0.588. The van der Waals surface area contributed by atoms with Crippen molar-refractivity contribution in [2.24, 2.45) is 5.41 Å². The summed E-state index contributed by atoms with van der Waals surface area (Å²) in [6.07, 6.45) is 7.21. The molecule has 1 N–H and O–H groups in total. The molecular weight excluding hydrogens is 236 g/mol. The van der Waals surface area contributed by atoms with Gasteiger partial charge < -0.3 is 5.11 Å². The lowest BCUT2D eigenvalue weighted by atomic mass is 9.82. The Labute approximate surface area is 115 Å². The smallest absolute Gasteiger partial charge is 0.303 e. The number of aryl methyl sites for hydroxylation is 3. The first-order valence-corrected chi connectivity index (χ1v) is 7.29. The lowest BCUT2D eigenvalue weighted by molar-refractivity contribution is -0.139. The first kappa shape index (κ1) is 14.1. The Morgan fingerprint density at radius 2 is 1.89 bits per heavy atom. The zero-order valence-electron chi connectivity index (χ0n) is 12.0. The van der Waals surface area contributed by atoms with Gasteiger partial charge in [0.15, 0.2) is 0 Å². The summed E-state index contributed by atoms with van der Waals surface area (Å²) in [4.78, 5) is 10.8. The van der Waals surface area contributed by atoms with Crippen LogP contribution in [0.3, 0.4) is 0 Å². The van der Waals surface area contributed by atoms with E-state index in [0.29, 0.717) is 0 Å². The molecule has 0 saturated heterocycles. The molecule has 0 aromatic heterocycles. The first-order chi connectivity index (χ1) is 8.96. The molecule has 0 radical (unpaired) electrons. The van der Waals surface area contributed by atoms with E-state index in [1.165, 1.54) is 42.4 Å². The highest BCUT2D eigenvalue weighted by Gasteiger charge is 2.21. The van der Waals surface area contributed by atoms with Crippen LogP contribution in [0.15, 0.2) is 18.2 Å². The number of carboxylic acid groups (broad SMARTS) is 1. The van der Waals surface area contributed by atoms with Crippen molar-refractivity contribution in [3.63, 3.8) is 0 Å². The molecule has 0 spiro atoms. The largest absolute Gasteiger partial charge is 0.481 e. The molecule has 2 rings (SSSR count). The Morgan fingerprint density at radius 3 is 2.58 bits per heavy atom. The molecule has 0 fully saturated rings. The second-order valence-corrected chi connectivity index (χ2v) is 6.54. The number of rotatable bonds is 5. The average Bonchev–Trinajstić information content (AvgIpc) is 2.35. The molecule has 2 heteroatoms. The quantitative estimate of drug-likeness (QED) is 0.869. The number of fused-ring (bicyclic) bond motifs is 1. The third-order valence-electron chi connectivity index (χ3n) is 4.13. The number of hydrogen-bond donors (Lipinski definition) is 1. The molecule has 0 atom stereocenters. The molecule has 1 aromatic rings. The highest BCUT2D eigenvalue weighted by molar-refractivity contribution is 5.67. The van der Waals surface area contributed by atoms with Crippen molar-refractivity contribution < 1.29 is 9.90 Å². The van der Waals surface area contributed by atoms with Gasteiger partial charge in [-0.15, -0.1) is 0 Å². The van der Waals surface area contributed by atoms with Crippen LogP contribution in [0, 0.1) is 5.41 Å². The highest BCUT2D eigenvalue weighted by atomic mass is 16.4. The molecular formula is C17H24O2. The van der Waals surface area contributed by atoms with Crippen molar-refractivity contribution in [2.45, 2.75) is 58.8 Å². The fourth-order valence-electron chi connectivity index (χ4n) is 2.92. The van der Waals surface area contributed by atoms with Gasteiger partial charge in [-0.2, -0.15) is 0 Å². The zero-order valence-corrected chi connectivity index (χ0v) is 12.0. The van der Waals surface area contributed by atoms with Gasteiger partial charge in [-0.25, -0.2) is 0 Å². The van der Waals surface area contributed by atoms with Crippen molar-refractivity contribution in [3.05, 3.63) is 34.9 Å². The molecule has 1 aliphatic rings. The zero-order chi connectivity index (χ0) is 13.9. The molecule has 0 bridgehead atoms. The molecule has 104 valence electrons. The lowest BCUT2D eigenvalue weighted by Crippen LogP contribution is -2.17. The van der Waals surface area contributed by atoms with Crippen molar-refractivity contribution in [1.82, 2.24) is 0 Å². The molecule has 0 amide bonds. The Bertz CT molecular complexity index is 460. The number of benzene rings is 1. The van der Waals surface area contributed by atoms with E-state index in [4.69, 9.17) is 5.11 Å². The highest BCUT2D eigenvalue weighted by Crippen LogP contribution is 2.28. The topological polar surface area (TPSA) is 37.3 Å². The molecule has 0 saturated carbocycles. The predicted octanol–water partition coefficient (Wildman–Crippen LogP) is 4.00. The SMILES string of the molecule is CC(C)(CCc1ccc2c(c1)CCCC2)CC(=O)O. The maximum absolute atomic E-state index is 10.8. The maximum Gasteiger partial charge on any atom is 0.303 e. The van der Waals surface area contributed by atoms with E-state index in [1.54, 1.807) is 0 Å². The minimum atomic E-state index is -0.699. The normalized spacial score (nSPS) is 15.1. The Balaban J connectivity index is 1.98. The van der Waals surface area contributed by atoms with E-state index in [-0.39, 0.29) is 11.8 Å². The van der Waals surface area contributed by atoms with Crippen LogP contribution in [0.2, 0.25) is 0 Å². The van der Waals surface area contributed by atoms with Crippen LogP contribution in [-0.2, 0) is 24.1 Å². The molecule has 0 heterocycles. The number of carbonyl (C=O) groups is 1. The van der Waals surface area contributed by atoms with E-state index in [2.05, 4.69) is 18.2 Å². The van der Waals surface area contributed by atoms with Crippen molar-refractivity contribution in [1.29, 1.82) is 0 Å². The average molecular weight is 260 g/mol. The minimum absolute atomic E-state index is 0.123. The van der Waals surface area contributed by atoms with Crippen LogP contribution in [-0.4, -0.2) is 11.1 Å². The van der Waals surface area contributed by atoms with Crippen LogP contribution in [0.25, 0.3) is 0 Å². The van der Waals surface area contributed by atoms with Gasteiger partial charge in [0.25, 0.3) is 0 Å². The number of hydrogen-bond acceptors (Lipinski definition) is 1. The number of aliphatic carboxylic acids is 1. The van der Waals surface area contributed by atoms with E-state index in [1.807, 2.05) is 13.8 Å². The van der Waals surface area contributed by atoms with E-state index in [9.17, 15) is 4.79 Å². The molecule has 0 unspecified atom stereocenters. The van der Waals surface area contributed by atoms with Gasteiger partial charge >= 0.3 is 5.97 Å². The summed E-state index contributed by atoms with van der Waals surface area (Å²) < 4.78 is 0. The summed E-state index contributed by atoms with van der Waals surface area (Å²) in [5, 5.41) is 8.90. The monoisotopic (exact) mass is 260 g/mol. The molecule has 19 heavy (non-hydrogen) atoms. The summed E-state index contributed by atoms with van der Waals surface area (Å²) in [6.45, 7) is 4.08. The molecule has 0 aliphatic heterocycles. The summed E-state index contributed by atoms with van der Waals surface area (Å²) >= 11 is 0. The van der Waals surface area contributed by atoms with E-state index >= 15 is 0 Å². The van der Waals surface area contributed by atoms with Crippen LogP contribution in [0.4, 0.5) is 0 Å². The van der Waals surface area contributed by atoms with Crippen LogP contribution in [0.5, 0.6) is 0 Å². The Kier molecular flexibility index (Phi) is 4.28. The Hall–Kier alpha value is -1.31. The second-order valence-electron chi connectivity index (χ2n) is 6.54. The predicted molar refractivity (Wildman–Crippen MR) is 77.4 cm³/mol. The Morgan fingerprint density at radius 1 is 1.21 bits per heavy atom. The van der Waals surface area contributed by atoms with Crippen LogP contribution < -0.4 is 0 Å². The van der Waals surface area contributed by atoms with Gasteiger partial charge in [0.05, 0.1) is 6.42 Å². The summed E-state index contributed by atoms with van der Waals surface area (Å²) in [7, 11) is 0. The fourth-order valence-corrected chi connectivity index (χ4v) is 2.92. The minimum Gasteiger partial charge on any atom is -0.481 e. The molecule has 1 aliphatic carbocycles. The maximum atomic E-state index is 10.8. The van der Waals surface area contributed by atoms with Crippen molar-refractivity contribution in [3.8, 4) is 0 Å². The summed E-state index contributed by atoms with van der Waals surface area (Å²) in [5.41, 5.74) is 4.26. The van der Waals surface area contributed by atoms with Crippen LogP contribution >= 0.6 is 0 Å².